The van der Waals surface area contributed by atoms with Gasteiger partial charge in [0.25, 0.3) is 0 Å². The van der Waals surface area contributed by atoms with E-state index in [2.05, 4.69) is 5.32 Å². The van der Waals surface area contributed by atoms with Gasteiger partial charge in [-0.05, 0) is 13.0 Å². The highest BCUT2D eigenvalue weighted by Gasteiger charge is 2.40. The zero-order valence-electron chi connectivity index (χ0n) is 10.8. The van der Waals surface area contributed by atoms with E-state index in [1.54, 1.807) is 5.32 Å². The number of carbonyl (C=O) groups excluding carboxylic acids is 1. The van der Waals surface area contributed by atoms with E-state index in [1.165, 1.54) is 6.92 Å². The van der Waals surface area contributed by atoms with Crippen molar-refractivity contribution in [3.63, 3.8) is 0 Å². The molecule has 0 saturated carbocycles. The molecule has 21 heavy (non-hydrogen) atoms. The monoisotopic (exact) mass is 312 g/mol. The van der Waals surface area contributed by atoms with E-state index in [1.807, 2.05) is 0 Å². The van der Waals surface area contributed by atoms with Crippen LogP contribution in [-0.4, -0.2) is 36.0 Å². The molecular formula is C11H12F4N2O4. The molecule has 6 nitrogen and oxygen atoms in total. The molecule has 1 rings (SSSR count). The minimum Gasteiger partial charge on any atom is -0.478 e. The number of aryl methyl sites for hydroxylation is 1. The van der Waals surface area contributed by atoms with Gasteiger partial charge in [-0.1, -0.05) is 0 Å². The van der Waals surface area contributed by atoms with Crippen LogP contribution < -0.4 is 10.6 Å². The predicted octanol–water partition coefficient (Wildman–Crippen LogP) is 1.99. The number of nitrogens with one attached hydrogen (secondary N) is 2. The number of amides is 2. The number of alkyl halides is 4. The van der Waals surface area contributed by atoms with Crippen molar-refractivity contribution < 1.29 is 36.7 Å². The fraction of sp³-hybridized carbons (Fsp3) is 0.455. The lowest BCUT2D eigenvalue weighted by Gasteiger charge is -2.15. The van der Waals surface area contributed by atoms with E-state index in [0.29, 0.717) is 0 Å². The van der Waals surface area contributed by atoms with Gasteiger partial charge in [-0.15, -0.1) is 0 Å². The van der Waals surface area contributed by atoms with Crippen molar-refractivity contribution in [2.75, 3.05) is 6.54 Å². The summed E-state index contributed by atoms with van der Waals surface area (Å²) in [5.41, 5.74) is -0.101. The Kier molecular flexibility index (Phi) is 5.17. The van der Waals surface area contributed by atoms with Gasteiger partial charge in [0.15, 0.2) is 0 Å². The third-order valence-electron chi connectivity index (χ3n) is 2.43. The number of carbonyl (C=O) groups is 2. The maximum Gasteiger partial charge on any atom is 0.339 e. The van der Waals surface area contributed by atoms with Crippen molar-refractivity contribution in [2.45, 2.75) is 25.8 Å². The summed E-state index contributed by atoms with van der Waals surface area (Å²) in [6.07, 6.45) is -3.89. The Morgan fingerprint density at radius 1 is 1.38 bits per heavy atom. The molecule has 118 valence electrons. The van der Waals surface area contributed by atoms with Gasteiger partial charge in [0, 0.05) is 0 Å². The van der Waals surface area contributed by atoms with Gasteiger partial charge >= 0.3 is 24.3 Å². The van der Waals surface area contributed by atoms with E-state index in [0.717, 1.165) is 6.07 Å². The van der Waals surface area contributed by atoms with E-state index >= 15 is 0 Å². The van der Waals surface area contributed by atoms with Crippen LogP contribution in [0.15, 0.2) is 10.5 Å². The number of carboxylic acids is 1. The predicted molar refractivity (Wildman–Crippen MR) is 61.6 cm³/mol. The summed E-state index contributed by atoms with van der Waals surface area (Å²) in [7, 11) is 0. The highest BCUT2D eigenvalue weighted by molar-refractivity contribution is 5.88. The second-order valence-corrected chi connectivity index (χ2v) is 4.09. The lowest BCUT2D eigenvalue weighted by atomic mass is 10.2. The van der Waals surface area contributed by atoms with Crippen LogP contribution >= 0.6 is 0 Å². The highest BCUT2D eigenvalue weighted by atomic mass is 19.3. The average Bonchev–Trinajstić information content (AvgIpc) is 2.75. The smallest absolute Gasteiger partial charge is 0.339 e. The molecular weight excluding hydrogens is 300 g/mol. The number of carboxylic acid groups (broad SMARTS) is 1. The van der Waals surface area contributed by atoms with E-state index < -0.39 is 30.9 Å². The van der Waals surface area contributed by atoms with Gasteiger partial charge in [0.2, 0.25) is 0 Å². The van der Waals surface area contributed by atoms with Crippen LogP contribution in [0.4, 0.5) is 22.4 Å². The number of rotatable bonds is 6. The molecule has 0 aromatic carbocycles. The molecule has 0 aliphatic rings. The first-order chi connectivity index (χ1) is 9.63. The Labute approximate surface area is 116 Å². The van der Waals surface area contributed by atoms with Crippen molar-refractivity contribution in [2.24, 2.45) is 0 Å². The second kappa shape index (κ2) is 6.46. The lowest BCUT2D eigenvalue weighted by molar-refractivity contribution is -0.123. The molecule has 0 aliphatic heterocycles. The van der Waals surface area contributed by atoms with Crippen LogP contribution in [0.25, 0.3) is 0 Å². The molecule has 1 aromatic heterocycles. The average molecular weight is 312 g/mol. The molecule has 2 amide bonds. The third-order valence-corrected chi connectivity index (χ3v) is 2.43. The summed E-state index contributed by atoms with van der Waals surface area (Å²) < 4.78 is 53.8. The number of hydrogen-bond acceptors (Lipinski definition) is 3. The van der Waals surface area contributed by atoms with Crippen LogP contribution in [0.2, 0.25) is 0 Å². The molecule has 0 spiro atoms. The van der Waals surface area contributed by atoms with Crippen molar-refractivity contribution in [3.8, 4) is 0 Å². The number of furan rings is 1. The summed E-state index contributed by atoms with van der Waals surface area (Å²) >= 11 is 0. The first-order valence-corrected chi connectivity index (χ1v) is 5.63. The molecule has 0 unspecified atom stereocenters. The molecule has 1 aromatic rings. The molecule has 1 heterocycles. The van der Waals surface area contributed by atoms with Crippen LogP contribution in [0.3, 0.4) is 0 Å². The molecule has 3 N–H and O–H groups in total. The Balaban J connectivity index is 2.47. The van der Waals surface area contributed by atoms with Crippen molar-refractivity contribution in [1.82, 2.24) is 10.6 Å². The molecule has 0 radical (unpaired) electrons. The first-order valence-electron chi connectivity index (χ1n) is 5.63. The number of halogens is 4. The van der Waals surface area contributed by atoms with E-state index in [4.69, 9.17) is 9.52 Å². The van der Waals surface area contributed by atoms with Crippen molar-refractivity contribution in [1.29, 1.82) is 0 Å². The van der Waals surface area contributed by atoms with Gasteiger partial charge in [0.05, 0.1) is 13.1 Å². The summed E-state index contributed by atoms with van der Waals surface area (Å²) in [5.74, 6) is -5.34. The minimum atomic E-state index is -4.32. The SMILES string of the molecule is Cc1oc(CNC(=O)NCC(F)(F)C(F)F)cc1C(=O)O. The van der Waals surface area contributed by atoms with Crippen molar-refractivity contribution >= 4 is 12.0 Å². The van der Waals surface area contributed by atoms with Crippen LogP contribution in [-0.2, 0) is 6.54 Å². The molecule has 0 bridgehead atoms. The Morgan fingerprint density at radius 3 is 2.48 bits per heavy atom. The molecule has 0 aliphatic carbocycles. The summed E-state index contributed by atoms with van der Waals surface area (Å²) in [6.45, 7) is -0.398. The maximum atomic E-state index is 12.5. The number of hydrogen-bond donors (Lipinski definition) is 3. The van der Waals surface area contributed by atoms with Gasteiger partial charge in [0.1, 0.15) is 17.1 Å². The number of urea groups is 1. The van der Waals surface area contributed by atoms with Crippen LogP contribution in [0.1, 0.15) is 21.9 Å². The lowest BCUT2D eigenvalue weighted by Crippen LogP contribution is -2.45. The zero-order chi connectivity index (χ0) is 16.2. The van der Waals surface area contributed by atoms with Gasteiger partial charge in [-0.2, -0.15) is 8.78 Å². The van der Waals surface area contributed by atoms with Crippen LogP contribution in [0, 0.1) is 6.92 Å². The van der Waals surface area contributed by atoms with Gasteiger partial charge < -0.3 is 20.2 Å². The maximum absolute atomic E-state index is 12.5. The molecule has 0 fully saturated rings. The quantitative estimate of drug-likeness (QED) is 0.701. The largest absolute Gasteiger partial charge is 0.478 e. The molecule has 10 heteroatoms. The van der Waals surface area contributed by atoms with Crippen molar-refractivity contribution in [3.05, 3.63) is 23.2 Å². The minimum absolute atomic E-state index is 0.0840. The summed E-state index contributed by atoms with van der Waals surface area (Å²) in [5, 5.41) is 12.4. The second-order valence-electron chi connectivity index (χ2n) is 4.09. The zero-order valence-corrected chi connectivity index (χ0v) is 10.8. The topological polar surface area (TPSA) is 91.6 Å². The fourth-order valence-electron chi connectivity index (χ4n) is 1.35. The normalized spacial score (nSPS) is 11.5. The Morgan fingerprint density at radius 2 is 2.00 bits per heavy atom. The Bertz CT molecular complexity index is 530. The highest BCUT2D eigenvalue weighted by Crippen LogP contribution is 2.21. The van der Waals surface area contributed by atoms with E-state index in [-0.39, 0.29) is 23.6 Å². The number of aromatic carboxylic acids is 1. The van der Waals surface area contributed by atoms with Gasteiger partial charge in [-0.3, -0.25) is 0 Å². The van der Waals surface area contributed by atoms with E-state index in [9.17, 15) is 27.2 Å². The molecule has 0 atom stereocenters. The summed E-state index contributed by atoms with van der Waals surface area (Å²) in [6, 6.07) is 0.0485. The summed E-state index contributed by atoms with van der Waals surface area (Å²) in [4.78, 5) is 21.9. The fourth-order valence-corrected chi connectivity index (χ4v) is 1.35. The molecule has 0 saturated heterocycles. The third kappa shape index (κ3) is 4.65. The van der Waals surface area contributed by atoms with Crippen LogP contribution in [0.5, 0.6) is 0 Å². The van der Waals surface area contributed by atoms with Gasteiger partial charge in [-0.25, -0.2) is 18.4 Å². The Hall–Kier alpha value is -2.26. The standard InChI is InChI=1S/C11H12F4N2O4/c1-5-7(8(18)19)2-6(21-5)3-16-10(20)17-4-11(14,15)9(12)13/h2,9H,3-4H2,1H3,(H,18,19)(H2,16,17,20). The first kappa shape index (κ1) is 16.8.